The number of nitrogens with one attached hydrogen (secondary N) is 2. The number of hydrogen-bond donors (Lipinski definition) is 2. The first kappa shape index (κ1) is 17.4. The second kappa shape index (κ2) is 6.84. The highest BCUT2D eigenvalue weighted by Gasteiger charge is 2.32. The second-order valence-electron chi connectivity index (χ2n) is 7.21. The number of aryl methyl sites for hydroxylation is 1. The first-order chi connectivity index (χ1) is 11.4. The summed E-state index contributed by atoms with van der Waals surface area (Å²) in [6.45, 7) is 6.70. The molecule has 0 radical (unpaired) electrons. The quantitative estimate of drug-likeness (QED) is 0.796. The van der Waals surface area contributed by atoms with Crippen molar-refractivity contribution < 1.29 is 9.59 Å². The van der Waals surface area contributed by atoms with Gasteiger partial charge in [-0.05, 0) is 59.1 Å². The molecule has 0 aliphatic heterocycles. The zero-order chi connectivity index (χ0) is 17.4. The molecule has 0 saturated heterocycles. The maximum Gasteiger partial charge on any atom is 0.254 e. The van der Waals surface area contributed by atoms with Gasteiger partial charge in [0.2, 0.25) is 5.91 Å². The highest BCUT2D eigenvalue weighted by molar-refractivity contribution is 7.16. The van der Waals surface area contributed by atoms with Gasteiger partial charge in [-0.2, -0.15) is 0 Å². The van der Waals surface area contributed by atoms with Crippen molar-refractivity contribution in [2.45, 2.75) is 58.5 Å². The number of carbonyl (C=O) groups is 2. The fourth-order valence-corrected chi connectivity index (χ4v) is 3.92. The standard InChI is InChI=1S/C18H27N3O2S/c1-10(21(4)14-7-8-14)9-19-17(23)15-11(2)12(3)24-18(15)20-16(22)13-5-6-13/h10,13-14H,5-9H2,1-4H3,(H,19,23)(H,20,22)/t10-/m0/s1. The van der Waals surface area contributed by atoms with Crippen molar-refractivity contribution in [1.82, 2.24) is 10.2 Å². The van der Waals surface area contributed by atoms with E-state index >= 15 is 0 Å². The van der Waals surface area contributed by atoms with Crippen LogP contribution in [0, 0.1) is 19.8 Å². The SMILES string of the molecule is Cc1sc(NC(=O)C2CC2)c(C(=O)NC[C@H](C)N(C)C2CC2)c1C. The molecule has 0 aromatic carbocycles. The van der Waals surface area contributed by atoms with Gasteiger partial charge in [-0.25, -0.2) is 0 Å². The van der Waals surface area contributed by atoms with Crippen LogP contribution in [0.2, 0.25) is 0 Å². The molecule has 2 aliphatic rings. The molecule has 0 unspecified atom stereocenters. The molecule has 2 saturated carbocycles. The Kier molecular flexibility index (Phi) is 4.97. The minimum atomic E-state index is -0.0843. The van der Waals surface area contributed by atoms with Gasteiger partial charge in [0.25, 0.3) is 5.91 Å². The van der Waals surface area contributed by atoms with Crippen LogP contribution in [0.4, 0.5) is 5.00 Å². The number of anilines is 1. The van der Waals surface area contributed by atoms with Crippen LogP contribution in [-0.2, 0) is 4.79 Å². The summed E-state index contributed by atoms with van der Waals surface area (Å²) in [6.07, 6.45) is 4.44. The highest BCUT2D eigenvalue weighted by Crippen LogP contribution is 2.35. The van der Waals surface area contributed by atoms with E-state index in [1.807, 2.05) is 13.8 Å². The molecule has 2 amide bonds. The van der Waals surface area contributed by atoms with E-state index in [4.69, 9.17) is 0 Å². The van der Waals surface area contributed by atoms with Crippen molar-refractivity contribution in [3.05, 3.63) is 16.0 Å². The molecule has 1 heterocycles. The van der Waals surface area contributed by atoms with Crippen LogP contribution in [0.25, 0.3) is 0 Å². The lowest BCUT2D eigenvalue weighted by molar-refractivity contribution is -0.117. The molecule has 2 N–H and O–H groups in total. The average Bonchev–Trinajstić information content (AvgIpc) is 3.43. The van der Waals surface area contributed by atoms with Gasteiger partial charge in [0.1, 0.15) is 5.00 Å². The van der Waals surface area contributed by atoms with Crippen molar-refractivity contribution in [2.24, 2.45) is 5.92 Å². The third-order valence-corrected chi connectivity index (χ3v) is 6.30. The van der Waals surface area contributed by atoms with Crippen LogP contribution >= 0.6 is 11.3 Å². The van der Waals surface area contributed by atoms with Crippen LogP contribution in [0.5, 0.6) is 0 Å². The fraction of sp³-hybridized carbons (Fsp3) is 0.667. The molecule has 6 heteroatoms. The molecule has 0 spiro atoms. The minimum Gasteiger partial charge on any atom is -0.350 e. The zero-order valence-electron chi connectivity index (χ0n) is 14.9. The van der Waals surface area contributed by atoms with Crippen LogP contribution in [-0.4, -0.2) is 42.4 Å². The zero-order valence-corrected chi connectivity index (χ0v) is 15.8. The summed E-state index contributed by atoms with van der Waals surface area (Å²) in [5.41, 5.74) is 1.60. The van der Waals surface area contributed by atoms with Gasteiger partial charge >= 0.3 is 0 Å². The molecule has 1 aromatic rings. The van der Waals surface area contributed by atoms with Crippen molar-refractivity contribution in [3.8, 4) is 0 Å². The van der Waals surface area contributed by atoms with Crippen molar-refractivity contribution in [2.75, 3.05) is 18.9 Å². The number of nitrogens with zero attached hydrogens (tertiary/aromatic N) is 1. The molecule has 1 atom stereocenters. The Bertz CT molecular complexity index is 647. The molecule has 1 aromatic heterocycles. The summed E-state index contributed by atoms with van der Waals surface area (Å²) in [5.74, 6) is 0.0990. The molecule has 2 aliphatic carbocycles. The van der Waals surface area contributed by atoms with Gasteiger partial charge in [0.05, 0.1) is 5.56 Å². The normalized spacial score (nSPS) is 18.5. The van der Waals surface area contributed by atoms with E-state index in [9.17, 15) is 9.59 Å². The van der Waals surface area contributed by atoms with Gasteiger partial charge in [-0.3, -0.25) is 14.5 Å². The lowest BCUT2D eigenvalue weighted by Gasteiger charge is -2.24. The highest BCUT2D eigenvalue weighted by atomic mass is 32.1. The van der Waals surface area contributed by atoms with Crippen molar-refractivity contribution in [3.63, 3.8) is 0 Å². The van der Waals surface area contributed by atoms with Gasteiger partial charge in [0.15, 0.2) is 0 Å². The predicted octanol–water partition coefficient (Wildman–Crippen LogP) is 2.93. The smallest absolute Gasteiger partial charge is 0.254 e. The maximum absolute atomic E-state index is 12.7. The monoisotopic (exact) mass is 349 g/mol. The molecule has 5 nitrogen and oxygen atoms in total. The van der Waals surface area contributed by atoms with Gasteiger partial charge in [-0.1, -0.05) is 0 Å². The molecule has 3 rings (SSSR count). The summed E-state index contributed by atoms with van der Waals surface area (Å²) in [5, 5.41) is 6.71. The molecular formula is C18H27N3O2S. The molecule has 24 heavy (non-hydrogen) atoms. The summed E-state index contributed by atoms with van der Waals surface area (Å²) in [7, 11) is 2.12. The van der Waals surface area contributed by atoms with Crippen LogP contribution in [0.15, 0.2) is 0 Å². The lowest BCUT2D eigenvalue weighted by atomic mass is 10.1. The molecule has 0 bridgehead atoms. The third kappa shape index (κ3) is 3.81. The summed E-state index contributed by atoms with van der Waals surface area (Å²) in [6, 6.07) is 0.987. The first-order valence-corrected chi connectivity index (χ1v) is 9.61. The van der Waals surface area contributed by atoms with E-state index in [0.29, 0.717) is 29.2 Å². The Hall–Kier alpha value is -1.40. The lowest BCUT2D eigenvalue weighted by Crippen LogP contribution is -2.41. The van der Waals surface area contributed by atoms with E-state index < -0.39 is 0 Å². The Morgan fingerprint density at radius 3 is 2.50 bits per heavy atom. The van der Waals surface area contributed by atoms with E-state index in [-0.39, 0.29) is 17.7 Å². The summed E-state index contributed by atoms with van der Waals surface area (Å²) < 4.78 is 0. The molecule has 2 fully saturated rings. The van der Waals surface area contributed by atoms with E-state index in [0.717, 1.165) is 23.3 Å². The van der Waals surface area contributed by atoms with Crippen LogP contribution in [0.3, 0.4) is 0 Å². The maximum atomic E-state index is 12.7. The number of amides is 2. The Balaban J connectivity index is 1.65. The number of likely N-dealkylation sites (N-methyl/N-ethyl adjacent to an activating group) is 1. The summed E-state index contributed by atoms with van der Waals surface area (Å²) >= 11 is 1.50. The summed E-state index contributed by atoms with van der Waals surface area (Å²) in [4.78, 5) is 28.2. The number of rotatable bonds is 7. The predicted molar refractivity (Wildman–Crippen MR) is 97.7 cm³/mol. The van der Waals surface area contributed by atoms with Gasteiger partial charge in [-0.15, -0.1) is 11.3 Å². The van der Waals surface area contributed by atoms with Crippen molar-refractivity contribution in [1.29, 1.82) is 0 Å². The second-order valence-corrected chi connectivity index (χ2v) is 8.43. The first-order valence-electron chi connectivity index (χ1n) is 8.79. The third-order valence-electron chi connectivity index (χ3n) is 5.17. The van der Waals surface area contributed by atoms with Crippen molar-refractivity contribution >= 4 is 28.2 Å². The average molecular weight is 350 g/mol. The van der Waals surface area contributed by atoms with E-state index in [1.54, 1.807) is 0 Å². The van der Waals surface area contributed by atoms with E-state index in [2.05, 4.69) is 29.5 Å². The molecule has 132 valence electrons. The van der Waals surface area contributed by atoms with Crippen LogP contribution < -0.4 is 10.6 Å². The largest absolute Gasteiger partial charge is 0.350 e. The van der Waals surface area contributed by atoms with E-state index in [1.165, 1.54) is 24.2 Å². The minimum absolute atomic E-state index is 0.0483. The Labute approximate surface area is 147 Å². The number of hydrogen-bond acceptors (Lipinski definition) is 4. The molecular weight excluding hydrogens is 322 g/mol. The van der Waals surface area contributed by atoms with Gasteiger partial charge < -0.3 is 10.6 Å². The van der Waals surface area contributed by atoms with Gasteiger partial charge in [0, 0.05) is 29.4 Å². The Morgan fingerprint density at radius 2 is 1.92 bits per heavy atom. The Morgan fingerprint density at radius 1 is 1.25 bits per heavy atom. The fourth-order valence-electron chi connectivity index (χ4n) is 2.86. The number of carbonyl (C=O) groups excluding carboxylic acids is 2. The topological polar surface area (TPSA) is 61.4 Å². The number of thiophene rings is 1. The van der Waals surface area contributed by atoms with Crippen LogP contribution in [0.1, 0.15) is 53.4 Å².